The molecule has 0 bridgehead atoms. The van der Waals surface area contributed by atoms with Gasteiger partial charge in [-0.2, -0.15) is 0 Å². The molecule has 1 atom stereocenters. The van der Waals surface area contributed by atoms with Crippen molar-refractivity contribution in [3.63, 3.8) is 0 Å². The van der Waals surface area contributed by atoms with Crippen molar-refractivity contribution in [3.05, 3.63) is 64.2 Å². The highest BCUT2D eigenvalue weighted by atomic mass is 35.5. The van der Waals surface area contributed by atoms with Crippen LogP contribution in [0.1, 0.15) is 16.7 Å². The molecule has 1 aliphatic heterocycles. The Morgan fingerprint density at radius 3 is 2.76 bits per heavy atom. The smallest absolute Gasteiger partial charge is 0.382 e. The van der Waals surface area contributed by atoms with E-state index in [1.165, 1.54) is 0 Å². The number of aryl methyl sites for hydroxylation is 1. The fourth-order valence-corrected chi connectivity index (χ4v) is 2.69. The zero-order chi connectivity index (χ0) is 15.0. The van der Waals surface area contributed by atoms with Crippen LogP contribution in [0.2, 0.25) is 5.02 Å². The molecule has 5 heteroatoms. The molecule has 0 spiro atoms. The van der Waals surface area contributed by atoms with Crippen LogP contribution in [0, 0.1) is 6.92 Å². The first-order valence-corrected chi connectivity index (χ1v) is 6.81. The summed E-state index contributed by atoms with van der Waals surface area (Å²) in [6.07, 6.45) is 0. The zero-order valence-corrected chi connectivity index (χ0v) is 12.1. The first-order valence-electron chi connectivity index (χ1n) is 6.44. The maximum Gasteiger partial charge on any atom is 0.382 e. The van der Waals surface area contributed by atoms with Gasteiger partial charge in [-0.05, 0) is 24.6 Å². The number of halogens is 1. The Hall–Kier alpha value is -2.04. The standard InChI is InChI=1S/C16H13ClO4/c1-10-6-7-12(13(17)8-10)16(15(18)19)20-9-11-4-2-3-5-14(11)21-16/h2-8H,9H2,1H3,(H,18,19). The van der Waals surface area contributed by atoms with E-state index in [4.69, 9.17) is 21.1 Å². The zero-order valence-electron chi connectivity index (χ0n) is 11.3. The highest BCUT2D eigenvalue weighted by molar-refractivity contribution is 6.31. The SMILES string of the molecule is Cc1ccc(C2(C(=O)O)OCc3ccccc3O2)c(Cl)c1. The first-order chi connectivity index (χ1) is 10.0. The third-order valence-corrected chi connectivity index (χ3v) is 3.73. The minimum Gasteiger partial charge on any atom is -0.476 e. The van der Waals surface area contributed by atoms with E-state index >= 15 is 0 Å². The van der Waals surface area contributed by atoms with E-state index in [0.29, 0.717) is 10.8 Å². The van der Waals surface area contributed by atoms with Crippen LogP contribution in [0.4, 0.5) is 0 Å². The van der Waals surface area contributed by atoms with Crippen molar-refractivity contribution in [1.29, 1.82) is 0 Å². The van der Waals surface area contributed by atoms with Crippen LogP contribution in [0.5, 0.6) is 5.75 Å². The van der Waals surface area contributed by atoms with Crippen LogP contribution in [0.15, 0.2) is 42.5 Å². The molecule has 108 valence electrons. The number of fused-ring (bicyclic) bond motifs is 1. The Balaban J connectivity index is 2.13. The maximum absolute atomic E-state index is 11.8. The average Bonchev–Trinajstić information content (AvgIpc) is 2.46. The summed E-state index contributed by atoms with van der Waals surface area (Å²) in [5, 5.41) is 9.96. The molecule has 3 rings (SSSR count). The molecular formula is C16H13ClO4. The lowest BCUT2D eigenvalue weighted by atomic mass is 10.0. The van der Waals surface area contributed by atoms with Crippen LogP contribution in [-0.2, 0) is 21.9 Å². The second kappa shape index (κ2) is 5.06. The van der Waals surface area contributed by atoms with Crippen molar-refractivity contribution in [3.8, 4) is 5.75 Å². The third kappa shape index (κ3) is 2.26. The van der Waals surface area contributed by atoms with Gasteiger partial charge in [-0.3, -0.25) is 0 Å². The van der Waals surface area contributed by atoms with Gasteiger partial charge in [0, 0.05) is 5.56 Å². The van der Waals surface area contributed by atoms with Crippen LogP contribution in [-0.4, -0.2) is 11.1 Å². The number of rotatable bonds is 2. The number of carbonyl (C=O) groups is 1. The second-order valence-corrected chi connectivity index (χ2v) is 5.31. The van der Waals surface area contributed by atoms with Crippen LogP contribution < -0.4 is 4.74 Å². The van der Waals surface area contributed by atoms with E-state index < -0.39 is 11.8 Å². The minimum atomic E-state index is -1.92. The summed E-state index contributed by atoms with van der Waals surface area (Å²) in [4.78, 5) is 11.8. The van der Waals surface area contributed by atoms with Crippen molar-refractivity contribution in [2.24, 2.45) is 0 Å². The van der Waals surface area contributed by atoms with E-state index in [0.717, 1.165) is 11.1 Å². The lowest BCUT2D eigenvalue weighted by Gasteiger charge is -2.35. The van der Waals surface area contributed by atoms with Gasteiger partial charge in [-0.1, -0.05) is 41.9 Å². The molecule has 2 aromatic rings. The Labute approximate surface area is 126 Å². The number of carboxylic acid groups (broad SMARTS) is 1. The van der Waals surface area contributed by atoms with Crippen molar-refractivity contribution in [1.82, 2.24) is 0 Å². The van der Waals surface area contributed by atoms with Crippen LogP contribution >= 0.6 is 11.6 Å². The third-order valence-electron chi connectivity index (χ3n) is 3.42. The maximum atomic E-state index is 11.8. The van der Waals surface area contributed by atoms with Crippen LogP contribution in [0.25, 0.3) is 0 Å². The topological polar surface area (TPSA) is 55.8 Å². The number of ether oxygens (including phenoxy) is 2. The molecule has 0 radical (unpaired) electrons. The molecule has 21 heavy (non-hydrogen) atoms. The van der Waals surface area contributed by atoms with E-state index in [2.05, 4.69) is 0 Å². The molecule has 0 saturated heterocycles. The van der Waals surface area contributed by atoms with Gasteiger partial charge in [-0.15, -0.1) is 0 Å². The summed E-state index contributed by atoms with van der Waals surface area (Å²) in [7, 11) is 0. The average molecular weight is 305 g/mol. The molecule has 1 N–H and O–H groups in total. The number of para-hydroxylation sites is 1. The Morgan fingerprint density at radius 2 is 2.05 bits per heavy atom. The van der Waals surface area contributed by atoms with Gasteiger partial charge in [-0.25, -0.2) is 4.79 Å². The monoisotopic (exact) mass is 304 g/mol. The largest absolute Gasteiger partial charge is 0.476 e. The van der Waals surface area contributed by atoms with Gasteiger partial charge in [0.05, 0.1) is 17.2 Å². The summed E-state index contributed by atoms with van der Waals surface area (Å²) in [6.45, 7) is 2.02. The van der Waals surface area contributed by atoms with Gasteiger partial charge < -0.3 is 14.6 Å². The number of carboxylic acids is 1. The van der Waals surface area contributed by atoms with E-state index in [1.54, 1.807) is 30.3 Å². The molecule has 4 nitrogen and oxygen atoms in total. The summed E-state index contributed by atoms with van der Waals surface area (Å²) < 4.78 is 11.2. The molecule has 0 aromatic heterocycles. The number of hydrogen-bond donors (Lipinski definition) is 1. The Bertz CT molecular complexity index is 713. The highest BCUT2D eigenvalue weighted by Crippen LogP contribution is 2.40. The lowest BCUT2D eigenvalue weighted by Crippen LogP contribution is -2.46. The number of aliphatic carboxylic acids is 1. The van der Waals surface area contributed by atoms with Crippen molar-refractivity contribution >= 4 is 17.6 Å². The van der Waals surface area contributed by atoms with Crippen molar-refractivity contribution < 1.29 is 19.4 Å². The molecule has 1 aliphatic rings. The minimum absolute atomic E-state index is 0.146. The van der Waals surface area contributed by atoms with E-state index in [-0.39, 0.29) is 12.2 Å². The Morgan fingerprint density at radius 1 is 1.29 bits per heavy atom. The molecule has 1 heterocycles. The predicted octanol–water partition coefficient (Wildman–Crippen LogP) is 3.50. The van der Waals surface area contributed by atoms with Gasteiger partial charge in [0.1, 0.15) is 5.75 Å². The van der Waals surface area contributed by atoms with Crippen molar-refractivity contribution in [2.75, 3.05) is 0 Å². The summed E-state index contributed by atoms with van der Waals surface area (Å²) in [6, 6.07) is 12.3. The summed E-state index contributed by atoms with van der Waals surface area (Å²) in [5.41, 5.74) is 2.02. The van der Waals surface area contributed by atoms with Gasteiger partial charge >= 0.3 is 11.8 Å². The molecule has 1 unspecified atom stereocenters. The molecule has 0 aliphatic carbocycles. The molecule has 0 saturated carbocycles. The Kier molecular flexibility index (Phi) is 3.35. The summed E-state index contributed by atoms with van der Waals surface area (Å²) in [5.74, 6) is -2.66. The highest BCUT2D eigenvalue weighted by Gasteiger charge is 2.49. The second-order valence-electron chi connectivity index (χ2n) is 4.90. The van der Waals surface area contributed by atoms with Gasteiger partial charge in [0.2, 0.25) is 0 Å². The summed E-state index contributed by atoms with van der Waals surface area (Å²) >= 11 is 6.20. The lowest BCUT2D eigenvalue weighted by molar-refractivity contribution is -0.230. The predicted molar refractivity (Wildman–Crippen MR) is 77.4 cm³/mol. The fourth-order valence-electron chi connectivity index (χ4n) is 2.33. The quantitative estimate of drug-likeness (QED) is 0.922. The number of benzene rings is 2. The van der Waals surface area contributed by atoms with E-state index in [9.17, 15) is 9.90 Å². The van der Waals surface area contributed by atoms with Crippen LogP contribution in [0.3, 0.4) is 0 Å². The molecule has 0 fully saturated rings. The molecular weight excluding hydrogens is 292 g/mol. The fraction of sp³-hybridized carbons (Fsp3) is 0.188. The van der Waals surface area contributed by atoms with E-state index in [1.807, 2.05) is 19.1 Å². The normalized spacial score (nSPS) is 20.5. The molecule has 0 amide bonds. The number of hydrogen-bond acceptors (Lipinski definition) is 3. The van der Waals surface area contributed by atoms with Gasteiger partial charge in [0.25, 0.3) is 0 Å². The van der Waals surface area contributed by atoms with Crippen molar-refractivity contribution in [2.45, 2.75) is 19.3 Å². The molecule has 2 aromatic carbocycles. The van der Waals surface area contributed by atoms with Gasteiger partial charge in [0.15, 0.2) is 0 Å². The first kappa shape index (κ1) is 13.9.